The second kappa shape index (κ2) is 5.00. The van der Waals surface area contributed by atoms with Gasteiger partial charge in [0.25, 0.3) is 5.91 Å². The third-order valence-corrected chi connectivity index (χ3v) is 5.80. The van der Waals surface area contributed by atoms with Crippen molar-refractivity contribution >= 4 is 33.0 Å². The Morgan fingerprint density at radius 2 is 2.19 bits per heavy atom. The number of thiophene rings is 1. The van der Waals surface area contributed by atoms with Crippen molar-refractivity contribution in [1.82, 2.24) is 10.2 Å². The Balaban J connectivity index is 1.53. The highest BCUT2D eigenvalue weighted by Crippen LogP contribution is 2.30. The second-order valence-corrected chi connectivity index (χ2v) is 7.11. The van der Waals surface area contributed by atoms with Crippen LogP contribution in [0.25, 0.3) is 10.1 Å². The van der Waals surface area contributed by atoms with Gasteiger partial charge in [0.15, 0.2) is 0 Å². The molecule has 2 aliphatic heterocycles. The lowest BCUT2D eigenvalue weighted by Crippen LogP contribution is -2.42. The maximum Gasteiger partial charge on any atom is 0.261 e. The minimum Gasteiger partial charge on any atom is -0.399 e. The van der Waals surface area contributed by atoms with Crippen molar-refractivity contribution in [3.05, 3.63) is 29.1 Å². The third kappa shape index (κ3) is 2.30. The molecule has 0 spiro atoms. The van der Waals surface area contributed by atoms with Crippen LogP contribution in [0.2, 0.25) is 0 Å². The maximum absolute atomic E-state index is 12.5. The summed E-state index contributed by atoms with van der Waals surface area (Å²) in [7, 11) is 0. The number of nitrogen functional groups attached to an aromatic ring is 1. The summed E-state index contributed by atoms with van der Waals surface area (Å²) in [5, 5.41) is 4.30. The largest absolute Gasteiger partial charge is 0.399 e. The summed E-state index contributed by atoms with van der Waals surface area (Å²) in [4.78, 5) is 15.8. The van der Waals surface area contributed by atoms with Crippen LogP contribution >= 0.6 is 11.3 Å². The lowest BCUT2D eigenvalue weighted by molar-refractivity contribution is 0.0933. The molecule has 2 atom stereocenters. The van der Waals surface area contributed by atoms with Crippen LogP contribution in [0.5, 0.6) is 0 Å². The van der Waals surface area contributed by atoms with Gasteiger partial charge in [-0.25, -0.2) is 0 Å². The van der Waals surface area contributed by atoms with Crippen LogP contribution in [0.3, 0.4) is 0 Å². The normalized spacial score (nSPS) is 25.3. The Labute approximate surface area is 127 Å². The molecule has 2 aromatic rings. The van der Waals surface area contributed by atoms with E-state index in [9.17, 15) is 4.79 Å². The van der Waals surface area contributed by atoms with E-state index in [1.807, 2.05) is 24.3 Å². The molecular weight excluding hydrogens is 282 g/mol. The third-order valence-electron chi connectivity index (χ3n) is 4.69. The Hall–Kier alpha value is -1.59. The molecule has 0 saturated carbocycles. The van der Waals surface area contributed by atoms with Crippen LogP contribution in [-0.2, 0) is 0 Å². The topological polar surface area (TPSA) is 58.4 Å². The van der Waals surface area contributed by atoms with Crippen molar-refractivity contribution in [3.63, 3.8) is 0 Å². The summed E-state index contributed by atoms with van der Waals surface area (Å²) >= 11 is 1.54. The summed E-state index contributed by atoms with van der Waals surface area (Å²) in [6.45, 7) is 2.32. The van der Waals surface area contributed by atoms with Crippen LogP contribution in [0.4, 0.5) is 5.69 Å². The summed E-state index contributed by atoms with van der Waals surface area (Å²) in [6.07, 6.45) is 3.56. The van der Waals surface area contributed by atoms with Gasteiger partial charge >= 0.3 is 0 Å². The van der Waals surface area contributed by atoms with Crippen molar-refractivity contribution in [3.8, 4) is 0 Å². The van der Waals surface area contributed by atoms with Crippen LogP contribution < -0.4 is 11.1 Å². The maximum atomic E-state index is 12.5. The molecule has 4 nitrogen and oxygen atoms in total. The number of amides is 1. The number of hydrogen-bond donors (Lipinski definition) is 2. The van der Waals surface area contributed by atoms with E-state index in [0.29, 0.717) is 12.1 Å². The molecule has 1 aromatic carbocycles. The van der Waals surface area contributed by atoms with Gasteiger partial charge in [0.2, 0.25) is 0 Å². The fourth-order valence-corrected chi connectivity index (χ4v) is 4.61. The molecule has 0 aliphatic carbocycles. The highest BCUT2D eigenvalue weighted by Gasteiger charge is 2.37. The molecular formula is C16H19N3OS. The van der Waals surface area contributed by atoms with Gasteiger partial charge in [0.05, 0.1) is 4.88 Å². The predicted molar refractivity (Wildman–Crippen MR) is 86.7 cm³/mol. The second-order valence-electron chi connectivity index (χ2n) is 6.02. The molecule has 1 aromatic heterocycles. The molecule has 110 valence electrons. The first kappa shape index (κ1) is 13.1. The van der Waals surface area contributed by atoms with E-state index in [2.05, 4.69) is 10.2 Å². The molecule has 0 radical (unpaired) electrons. The molecule has 0 bridgehead atoms. The minimum atomic E-state index is 0.0634. The van der Waals surface area contributed by atoms with Crippen molar-refractivity contribution < 1.29 is 4.79 Å². The number of anilines is 1. The number of nitrogens with one attached hydrogen (secondary N) is 1. The fraction of sp³-hybridized carbons (Fsp3) is 0.438. The van der Waals surface area contributed by atoms with Gasteiger partial charge in [0.1, 0.15) is 0 Å². The molecule has 4 rings (SSSR count). The SMILES string of the molecule is Nc1ccc2sc(C(=O)NC3CCN4CCCC34)cc2c1. The van der Waals surface area contributed by atoms with Gasteiger partial charge in [0, 0.05) is 29.0 Å². The number of nitrogens with two attached hydrogens (primary N) is 1. The van der Waals surface area contributed by atoms with Crippen molar-refractivity contribution in [1.29, 1.82) is 0 Å². The molecule has 3 N–H and O–H groups in total. The lowest BCUT2D eigenvalue weighted by Gasteiger charge is -2.20. The van der Waals surface area contributed by atoms with E-state index < -0.39 is 0 Å². The predicted octanol–water partition coefficient (Wildman–Crippen LogP) is 2.45. The van der Waals surface area contributed by atoms with Crippen LogP contribution in [0.1, 0.15) is 28.9 Å². The molecule has 2 saturated heterocycles. The van der Waals surface area contributed by atoms with E-state index in [1.165, 1.54) is 19.4 Å². The number of carbonyl (C=O) groups is 1. The molecule has 3 heterocycles. The number of rotatable bonds is 2. The van der Waals surface area contributed by atoms with Gasteiger partial charge in [-0.15, -0.1) is 11.3 Å². The molecule has 2 unspecified atom stereocenters. The molecule has 2 aliphatic rings. The number of carbonyl (C=O) groups excluding carboxylic acids is 1. The zero-order chi connectivity index (χ0) is 14.4. The van der Waals surface area contributed by atoms with Crippen LogP contribution in [0, 0.1) is 0 Å². The Kier molecular flexibility index (Phi) is 3.12. The monoisotopic (exact) mass is 301 g/mol. The average molecular weight is 301 g/mol. The number of benzene rings is 1. The number of fused-ring (bicyclic) bond motifs is 2. The summed E-state index contributed by atoms with van der Waals surface area (Å²) in [5.74, 6) is 0.0634. The average Bonchev–Trinajstić information content (AvgIpc) is 3.14. The fourth-order valence-electron chi connectivity index (χ4n) is 3.66. The highest BCUT2D eigenvalue weighted by molar-refractivity contribution is 7.20. The van der Waals surface area contributed by atoms with E-state index in [0.717, 1.165) is 33.6 Å². The van der Waals surface area contributed by atoms with E-state index >= 15 is 0 Å². The van der Waals surface area contributed by atoms with Gasteiger partial charge in [-0.1, -0.05) is 0 Å². The summed E-state index contributed by atoms with van der Waals surface area (Å²) in [6, 6.07) is 8.62. The molecule has 21 heavy (non-hydrogen) atoms. The van der Waals surface area contributed by atoms with Gasteiger partial charge < -0.3 is 11.1 Å². The van der Waals surface area contributed by atoms with E-state index in [4.69, 9.17) is 5.73 Å². The number of hydrogen-bond acceptors (Lipinski definition) is 4. The van der Waals surface area contributed by atoms with E-state index in [1.54, 1.807) is 11.3 Å². The van der Waals surface area contributed by atoms with Crippen LogP contribution in [-0.4, -0.2) is 36.0 Å². The van der Waals surface area contributed by atoms with Gasteiger partial charge in [-0.3, -0.25) is 9.69 Å². The molecule has 1 amide bonds. The number of nitrogens with zero attached hydrogens (tertiary/aromatic N) is 1. The first-order chi connectivity index (χ1) is 10.2. The molecule has 5 heteroatoms. The lowest BCUT2D eigenvalue weighted by atomic mass is 10.1. The molecule has 2 fully saturated rings. The van der Waals surface area contributed by atoms with E-state index in [-0.39, 0.29) is 5.91 Å². The Morgan fingerprint density at radius 3 is 3.10 bits per heavy atom. The minimum absolute atomic E-state index is 0.0634. The Bertz CT molecular complexity index is 696. The highest BCUT2D eigenvalue weighted by atomic mass is 32.1. The Morgan fingerprint density at radius 1 is 1.29 bits per heavy atom. The van der Waals surface area contributed by atoms with Crippen molar-refractivity contribution in [2.75, 3.05) is 18.8 Å². The standard InChI is InChI=1S/C16H19N3OS/c17-11-3-4-14-10(8-11)9-15(21-14)16(20)18-12-5-7-19-6-1-2-13(12)19/h3-4,8-9,12-13H,1-2,5-7,17H2,(H,18,20). The van der Waals surface area contributed by atoms with Crippen molar-refractivity contribution in [2.24, 2.45) is 0 Å². The summed E-state index contributed by atoms with van der Waals surface area (Å²) < 4.78 is 1.11. The van der Waals surface area contributed by atoms with Crippen molar-refractivity contribution in [2.45, 2.75) is 31.3 Å². The summed E-state index contributed by atoms with van der Waals surface area (Å²) in [5.41, 5.74) is 6.54. The van der Waals surface area contributed by atoms with Gasteiger partial charge in [-0.2, -0.15) is 0 Å². The van der Waals surface area contributed by atoms with Gasteiger partial charge in [-0.05, 0) is 55.5 Å². The van der Waals surface area contributed by atoms with Crippen LogP contribution in [0.15, 0.2) is 24.3 Å². The first-order valence-corrected chi connectivity index (χ1v) is 8.36. The zero-order valence-corrected chi connectivity index (χ0v) is 12.7. The first-order valence-electron chi connectivity index (χ1n) is 7.55. The zero-order valence-electron chi connectivity index (χ0n) is 11.8. The quantitative estimate of drug-likeness (QED) is 0.838. The smallest absolute Gasteiger partial charge is 0.261 e.